The molecule has 0 unspecified atom stereocenters. The van der Waals surface area contributed by atoms with E-state index in [1.165, 1.54) is 11.3 Å². The van der Waals surface area contributed by atoms with E-state index in [1.807, 2.05) is 29.6 Å². The average molecular weight is 319 g/mol. The van der Waals surface area contributed by atoms with E-state index in [-0.39, 0.29) is 12.6 Å². The van der Waals surface area contributed by atoms with Gasteiger partial charge >= 0.3 is 6.03 Å². The summed E-state index contributed by atoms with van der Waals surface area (Å²) in [5, 5.41) is 17.2. The number of urea groups is 1. The summed E-state index contributed by atoms with van der Waals surface area (Å²) in [6, 6.07) is 7.47. The molecule has 0 bridgehead atoms. The number of nitrogens with one attached hydrogen (secondary N) is 2. The zero-order chi connectivity index (χ0) is 15.8. The third kappa shape index (κ3) is 5.13. The van der Waals surface area contributed by atoms with Crippen molar-refractivity contribution in [3.05, 3.63) is 46.5 Å². The van der Waals surface area contributed by atoms with Crippen LogP contribution in [0.15, 0.2) is 29.6 Å². The molecule has 2 aromatic rings. The van der Waals surface area contributed by atoms with Crippen LogP contribution in [-0.4, -0.2) is 22.7 Å². The second-order valence-electron chi connectivity index (χ2n) is 5.00. The van der Waals surface area contributed by atoms with Gasteiger partial charge in [-0.2, -0.15) is 0 Å². The molecule has 2 rings (SSSR count). The van der Waals surface area contributed by atoms with Gasteiger partial charge in [0.2, 0.25) is 0 Å². The SMILES string of the molecule is CCCc1csc(NC(=O)NCCc2ccc(CO)cc2)n1. The number of hydrogen-bond donors (Lipinski definition) is 3. The first-order chi connectivity index (χ1) is 10.7. The number of aromatic nitrogens is 1. The molecule has 2 amide bonds. The Hall–Kier alpha value is -1.92. The van der Waals surface area contributed by atoms with Gasteiger partial charge in [0.25, 0.3) is 0 Å². The Bertz CT molecular complexity index is 596. The zero-order valence-electron chi connectivity index (χ0n) is 12.6. The molecule has 5 nitrogen and oxygen atoms in total. The van der Waals surface area contributed by atoms with E-state index in [0.717, 1.165) is 36.1 Å². The predicted octanol–water partition coefficient (Wildman–Crippen LogP) is 2.95. The van der Waals surface area contributed by atoms with Gasteiger partial charge in [0.1, 0.15) is 0 Å². The number of aliphatic hydroxyl groups is 1. The normalized spacial score (nSPS) is 10.5. The summed E-state index contributed by atoms with van der Waals surface area (Å²) in [6.07, 6.45) is 2.73. The van der Waals surface area contributed by atoms with Crippen LogP contribution in [0.1, 0.15) is 30.2 Å². The lowest BCUT2D eigenvalue weighted by Gasteiger charge is -2.06. The third-order valence-electron chi connectivity index (χ3n) is 3.18. The summed E-state index contributed by atoms with van der Waals surface area (Å²) in [7, 11) is 0. The number of carbonyl (C=O) groups excluding carboxylic acids is 1. The van der Waals surface area contributed by atoms with Crippen molar-refractivity contribution in [2.24, 2.45) is 0 Å². The number of anilines is 1. The van der Waals surface area contributed by atoms with Gasteiger partial charge in [-0.3, -0.25) is 5.32 Å². The summed E-state index contributed by atoms with van der Waals surface area (Å²) in [6.45, 7) is 2.71. The van der Waals surface area contributed by atoms with Gasteiger partial charge in [-0.1, -0.05) is 37.6 Å². The van der Waals surface area contributed by atoms with Crippen LogP contribution in [0.2, 0.25) is 0 Å². The van der Waals surface area contributed by atoms with Crippen molar-refractivity contribution in [3.63, 3.8) is 0 Å². The molecule has 3 N–H and O–H groups in total. The lowest BCUT2D eigenvalue weighted by molar-refractivity contribution is 0.252. The first-order valence-corrected chi connectivity index (χ1v) is 8.27. The Labute approximate surface area is 134 Å². The highest BCUT2D eigenvalue weighted by Gasteiger charge is 2.05. The molecule has 0 atom stereocenters. The van der Waals surface area contributed by atoms with Crippen LogP contribution in [0.4, 0.5) is 9.93 Å². The van der Waals surface area contributed by atoms with Gasteiger partial charge in [-0.05, 0) is 24.0 Å². The van der Waals surface area contributed by atoms with Gasteiger partial charge in [-0.15, -0.1) is 11.3 Å². The van der Waals surface area contributed by atoms with E-state index in [9.17, 15) is 4.79 Å². The van der Waals surface area contributed by atoms with Crippen LogP contribution in [0, 0.1) is 0 Å². The van der Waals surface area contributed by atoms with Gasteiger partial charge in [0.05, 0.1) is 12.3 Å². The number of amides is 2. The Morgan fingerprint density at radius 2 is 1.95 bits per heavy atom. The van der Waals surface area contributed by atoms with Crippen LogP contribution in [0.3, 0.4) is 0 Å². The molecule has 22 heavy (non-hydrogen) atoms. The highest BCUT2D eigenvalue weighted by molar-refractivity contribution is 7.13. The average Bonchev–Trinajstić information content (AvgIpc) is 2.95. The number of carbonyl (C=O) groups is 1. The fraction of sp³-hybridized carbons (Fsp3) is 0.375. The largest absolute Gasteiger partial charge is 0.392 e. The molecule has 0 aliphatic heterocycles. The quantitative estimate of drug-likeness (QED) is 0.734. The maximum absolute atomic E-state index is 11.8. The van der Waals surface area contributed by atoms with E-state index in [1.54, 1.807) is 0 Å². The van der Waals surface area contributed by atoms with Crippen LogP contribution in [-0.2, 0) is 19.4 Å². The molecule has 0 fully saturated rings. The molecule has 0 saturated heterocycles. The fourth-order valence-corrected chi connectivity index (χ4v) is 2.75. The molecule has 0 spiro atoms. The van der Waals surface area contributed by atoms with E-state index < -0.39 is 0 Å². The van der Waals surface area contributed by atoms with Gasteiger partial charge in [-0.25, -0.2) is 9.78 Å². The summed E-state index contributed by atoms with van der Waals surface area (Å²) in [5.41, 5.74) is 3.03. The summed E-state index contributed by atoms with van der Waals surface area (Å²) in [4.78, 5) is 16.1. The number of nitrogens with zero attached hydrogens (tertiary/aromatic N) is 1. The minimum Gasteiger partial charge on any atom is -0.392 e. The molecule has 0 saturated carbocycles. The monoisotopic (exact) mass is 319 g/mol. The topological polar surface area (TPSA) is 74.2 Å². The van der Waals surface area contributed by atoms with Crippen molar-refractivity contribution >= 4 is 22.5 Å². The lowest BCUT2D eigenvalue weighted by Crippen LogP contribution is -2.30. The molecular formula is C16H21N3O2S. The first-order valence-electron chi connectivity index (χ1n) is 7.39. The van der Waals surface area contributed by atoms with E-state index >= 15 is 0 Å². The number of rotatable bonds is 7. The Morgan fingerprint density at radius 3 is 2.64 bits per heavy atom. The molecule has 0 radical (unpaired) electrons. The summed E-state index contributed by atoms with van der Waals surface area (Å²) < 4.78 is 0. The van der Waals surface area contributed by atoms with Crippen molar-refractivity contribution in [1.82, 2.24) is 10.3 Å². The molecule has 1 aromatic heterocycles. The van der Waals surface area contributed by atoms with Gasteiger partial charge in [0.15, 0.2) is 5.13 Å². The number of benzene rings is 1. The zero-order valence-corrected chi connectivity index (χ0v) is 13.4. The minimum atomic E-state index is -0.232. The summed E-state index contributed by atoms with van der Waals surface area (Å²) in [5.74, 6) is 0. The van der Waals surface area contributed by atoms with Crippen LogP contribution >= 0.6 is 11.3 Å². The van der Waals surface area contributed by atoms with E-state index in [4.69, 9.17) is 5.11 Å². The molecule has 0 aliphatic carbocycles. The highest BCUT2D eigenvalue weighted by atomic mass is 32.1. The molecule has 118 valence electrons. The predicted molar refractivity (Wildman–Crippen MR) is 89.2 cm³/mol. The Kier molecular flexibility index (Phi) is 6.36. The Morgan fingerprint density at radius 1 is 1.23 bits per heavy atom. The second-order valence-corrected chi connectivity index (χ2v) is 5.86. The highest BCUT2D eigenvalue weighted by Crippen LogP contribution is 2.16. The first kappa shape index (κ1) is 16.5. The van der Waals surface area contributed by atoms with Crippen LogP contribution in [0.25, 0.3) is 0 Å². The number of aliphatic hydroxyl groups excluding tert-OH is 1. The van der Waals surface area contributed by atoms with E-state index in [2.05, 4.69) is 22.5 Å². The van der Waals surface area contributed by atoms with Crippen molar-refractivity contribution in [2.75, 3.05) is 11.9 Å². The molecule has 0 aliphatic rings. The fourth-order valence-electron chi connectivity index (χ4n) is 2.01. The van der Waals surface area contributed by atoms with Gasteiger partial charge < -0.3 is 10.4 Å². The number of aryl methyl sites for hydroxylation is 1. The van der Waals surface area contributed by atoms with Crippen molar-refractivity contribution in [3.8, 4) is 0 Å². The minimum absolute atomic E-state index is 0.0504. The maximum atomic E-state index is 11.8. The van der Waals surface area contributed by atoms with Crippen molar-refractivity contribution < 1.29 is 9.90 Å². The second kappa shape index (κ2) is 8.51. The van der Waals surface area contributed by atoms with Crippen molar-refractivity contribution in [1.29, 1.82) is 0 Å². The molecule has 6 heteroatoms. The molecule has 1 heterocycles. The van der Waals surface area contributed by atoms with Crippen LogP contribution in [0.5, 0.6) is 0 Å². The summed E-state index contributed by atoms with van der Waals surface area (Å²) >= 11 is 1.45. The van der Waals surface area contributed by atoms with Crippen LogP contribution < -0.4 is 10.6 Å². The standard InChI is InChI=1S/C16H21N3O2S/c1-2-3-14-11-22-16(18-14)19-15(21)17-9-8-12-4-6-13(10-20)7-5-12/h4-7,11,20H,2-3,8-10H2,1H3,(H2,17,18,19,21). The van der Waals surface area contributed by atoms with E-state index in [0.29, 0.717) is 11.7 Å². The van der Waals surface area contributed by atoms with Crippen molar-refractivity contribution in [2.45, 2.75) is 32.8 Å². The smallest absolute Gasteiger partial charge is 0.321 e. The third-order valence-corrected chi connectivity index (χ3v) is 3.99. The number of hydrogen-bond acceptors (Lipinski definition) is 4. The molecular weight excluding hydrogens is 298 g/mol. The number of thiazole rings is 1. The maximum Gasteiger partial charge on any atom is 0.321 e. The molecule has 1 aromatic carbocycles. The van der Waals surface area contributed by atoms with Gasteiger partial charge in [0, 0.05) is 11.9 Å². The lowest BCUT2D eigenvalue weighted by atomic mass is 10.1. The Balaban J connectivity index is 1.72.